The van der Waals surface area contributed by atoms with E-state index in [1.165, 1.54) is 21.3 Å². The molecule has 1 unspecified atom stereocenters. The molecule has 2 N–H and O–H groups in total. The lowest BCUT2D eigenvalue weighted by atomic mass is 9.83. The Balaban J connectivity index is 2.51. The Labute approximate surface area is 150 Å². The minimum Gasteiger partial charge on any atom is -0.469 e. The van der Waals surface area contributed by atoms with Crippen molar-refractivity contribution in [1.29, 1.82) is 5.26 Å². The number of ether oxygens (including phenoxy) is 4. The molecule has 0 fully saturated rings. The average molecular weight is 358 g/mol. The molecule has 0 saturated carbocycles. The van der Waals surface area contributed by atoms with E-state index in [2.05, 4.69) is 4.74 Å². The third kappa shape index (κ3) is 3.62. The first-order chi connectivity index (χ1) is 12.5. The number of carbonyl (C=O) groups is 2. The van der Waals surface area contributed by atoms with E-state index in [0.717, 1.165) is 5.56 Å². The van der Waals surface area contributed by atoms with Gasteiger partial charge in [-0.05, 0) is 11.1 Å². The molecule has 26 heavy (non-hydrogen) atoms. The van der Waals surface area contributed by atoms with Crippen molar-refractivity contribution in [3.05, 3.63) is 58.4 Å². The van der Waals surface area contributed by atoms with Gasteiger partial charge in [0.15, 0.2) is 0 Å². The molecule has 1 heterocycles. The number of carbonyl (C=O) groups excluding carboxylic acids is 2. The Morgan fingerprint density at radius 3 is 2.35 bits per heavy atom. The number of rotatable bonds is 5. The first kappa shape index (κ1) is 18.9. The van der Waals surface area contributed by atoms with Gasteiger partial charge in [0, 0.05) is 0 Å². The van der Waals surface area contributed by atoms with Crippen LogP contribution in [0.1, 0.15) is 17.0 Å². The van der Waals surface area contributed by atoms with Gasteiger partial charge in [0.1, 0.15) is 17.2 Å². The summed E-state index contributed by atoms with van der Waals surface area (Å²) in [5.74, 6) is -2.18. The summed E-state index contributed by atoms with van der Waals surface area (Å²) in [6.07, 6.45) is 0.108. The fraction of sp³-hybridized carbons (Fsp3) is 0.278. The zero-order valence-electron chi connectivity index (χ0n) is 14.6. The van der Waals surface area contributed by atoms with Gasteiger partial charge in [-0.2, -0.15) is 5.26 Å². The van der Waals surface area contributed by atoms with Gasteiger partial charge < -0.3 is 24.7 Å². The minimum absolute atomic E-state index is 0.00516. The maximum atomic E-state index is 12.2. The summed E-state index contributed by atoms with van der Waals surface area (Å²) in [6, 6.07) is 8.78. The fourth-order valence-electron chi connectivity index (χ4n) is 2.60. The van der Waals surface area contributed by atoms with Crippen molar-refractivity contribution in [1.82, 2.24) is 0 Å². The van der Waals surface area contributed by atoms with Gasteiger partial charge in [0.05, 0.1) is 33.7 Å². The summed E-state index contributed by atoms with van der Waals surface area (Å²) in [4.78, 5) is 23.6. The number of benzene rings is 1. The van der Waals surface area contributed by atoms with Gasteiger partial charge in [-0.15, -0.1) is 0 Å². The van der Waals surface area contributed by atoms with Crippen LogP contribution in [-0.4, -0.2) is 33.3 Å². The van der Waals surface area contributed by atoms with Crippen molar-refractivity contribution < 1.29 is 28.5 Å². The zero-order chi connectivity index (χ0) is 19.3. The van der Waals surface area contributed by atoms with Gasteiger partial charge in [-0.25, -0.2) is 4.79 Å². The highest BCUT2D eigenvalue weighted by atomic mass is 16.7. The van der Waals surface area contributed by atoms with Crippen molar-refractivity contribution in [2.45, 2.75) is 12.3 Å². The molecule has 0 aromatic heterocycles. The summed E-state index contributed by atoms with van der Waals surface area (Å²) in [5.41, 5.74) is 7.26. The van der Waals surface area contributed by atoms with Crippen LogP contribution in [0.4, 0.5) is 0 Å². The minimum atomic E-state index is -0.816. The second-order valence-electron chi connectivity index (χ2n) is 5.32. The van der Waals surface area contributed by atoms with Crippen molar-refractivity contribution >= 4 is 11.9 Å². The zero-order valence-corrected chi connectivity index (χ0v) is 14.6. The molecule has 0 aliphatic carbocycles. The van der Waals surface area contributed by atoms with Crippen LogP contribution in [0.2, 0.25) is 0 Å². The van der Waals surface area contributed by atoms with Gasteiger partial charge in [0.25, 0.3) is 0 Å². The molecule has 0 amide bonds. The number of nitrogens with two attached hydrogens (primary N) is 1. The van der Waals surface area contributed by atoms with Crippen molar-refractivity contribution in [3.8, 4) is 6.07 Å². The summed E-state index contributed by atoms with van der Waals surface area (Å²) in [6.45, 7) is 0. The summed E-state index contributed by atoms with van der Waals surface area (Å²) >= 11 is 0. The molecular weight excluding hydrogens is 340 g/mol. The molecule has 0 bridgehead atoms. The molecule has 1 atom stereocenters. The smallest absolute Gasteiger partial charge is 0.340 e. The number of methoxy groups -OCH3 is 3. The predicted molar refractivity (Wildman–Crippen MR) is 88.9 cm³/mol. The van der Waals surface area contributed by atoms with Crippen molar-refractivity contribution in [2.24, 2.45) is 5.73 Å². The number of nitriles is 1. The van der Waals surface area contributed by atoms with Gasteiger partial charge in [0.2, 0.25) is 5.88 Å². The lowest BCUT2D eigenvalue weighted by Gasteiger charge is -2.26. The second kappa shape index (κ2) is 8.07. The molecule has 1 aromatic rings. The van der Waals surface area contributed by atoms with Crippen LogP contribution in [0.3, 0.4) is 0 Å². The Hall–Kier alpha value is -3.47. The van der Waals surface area contributed by atoms with Crippen molar-refractivity contribution in [2.75, 3.05) is 21.3 Å². The highest BCUT2D eigenvalue weighted by molar-refractivity contribution is 5.92. The lowest BCUT2D eigenvalue weighted by Crippen LogP contribution is -2.26. The highest BCUT2D eigenvalue weighted by Crippen LogP contribution is 2.39. The first-order valence-corrected chi connectivity index (χ1v) is 7.56. The molecule has 8 heteroatoms. The van der Waals surface area contributed by atoms with E-state index in [1.807, 2.05) is 6.07 Å². The third-order valence-corrected chi connectivity index (χ3v) is 3.87. The standard InChI is InChI=1S/C18H18N2O6/c1-23-13(21)8-10-4-6-11(7-5-10)14-12(9-19)18(25-3)26-16(20)15(14)17(22)24-2/h4-7,14H,8,20H2,1-3H3. The molecule has 1 aromatic carbocycles. The van der Waals surface area contributed by atoms with Crippen LogP contribution in [0.5, 0.6) is 0 Å². The third-order valence-electron chi connectivity index (χ3n) is 3.87. The number of hydrogen-bond acceptors (Lipinski definition) is 8. The normalized spacial score (nSPS) is 16.5. The van der Waals surface area contributed by atoms with Crippen molar-refractivity contribution in [3.63, 3.8) is 0 Å². The SMILES string of the molecule is COC(=O)Cc1ccc(C2C(C#N)=C(OC)OC(N)=C2C(=O)OC)cc1. The molecule has 1 aliphatic heterocycles. The monoisotopic (exact) mass is 358 g/mol. The predicted octanol–water partition coefficient (Wildman–Crippen LogP) is 1.24. The highest BCUT2D eigenvalue weighted by Gasteiger charge is 2.38. The van der Waals surface area contributed by atoms with E-state index in [0.29, 0.717) is 5.56 Å². The molecule has 8 nitrogen and oxygen atoms in total. The Bertz CT molecular complexity index is 817. The van der Waals surface area contributed by atoms with Gasteiger partial charge >= 0.3 is 17.9 Å². The van der Waals surface area contributed by atoms with E-state index >= 15 is 0 Å². The maximum absolute atomic E-state index is 12.2. The van der Waals surface area contributed by atoms with E-state index < -0.39 is 11.9 Å². The Morgan fingerprint density at radius 2 is 1.85 bits per heavy atom. The number of allylic oxidation sites excluding steroid dienone is 1. The van der Waals surface area contributed by atoms with Crippen LogP contribution in [0.25, 0.3) is 0 Å². The number of hydrogen-bond donors (Lipinski definition) is 1. The van der Waals surface area contributed by atoms with Crippen LogP contribution >= 0.6 is 0 Å². The quantitative estimate of drug-likeness (QED) is 0.781. The van der Waals surface area contributed by atoms with Crippen LogP contribution < -0.4 is 5.73 Å². The van der Waals surface area contributed by atoms with E-state index in [4.69, 9.17) is 19.9 Å². The Morgan fingerprint density at radius 1 is 1.19 bits per heavy atom. The summed E-state index contributed by atoms with van der Waals surface area (Å²) < 4.78 is 19.7. The molecular formula is C18H18N2O6. The molecule has 0 spiro atoms. The van der Waals surface area contributed by atoms with Crippen LogP contribution in [-0.2, 0) is 35.0 Å². The Kier molecular flexibility index (Phi) is 5.86. The maximum Gasteiger partial charge on any atom is 0.340 e. The van der Waals surface area contributed by atoms with E-state index in [-0.39, 0.29) is 35.4 Å². The fourth-order valence-corrected chi connectivity index (χ4v) is 2.60. The second-order valence-corrected chi connectivity index (χ2v) is 5.32. The summed E-state index contributed by atoms with van der Waals surface area (Å²) in [7, 11) is 3.85. The summed E-state index contributed by atoms with van der Waals surface area (Å²) in [5, 5.41) is 9.54. The van der Waals surface area contributed by atoms with E-state index in [9.17, 15) is 14.9 Å². The molecule has 0 saturated heterocycles. The average Bonchev–Trinajstić information content (AvgIpc) is 2.66. The van der Waals surface area contributed by atoms with E-state index in [1.54, 1.807) is 24.3 Å². The molecule has 136 valence electrons. The number of esters is 2. The largest absolute Gasteiger partial charge is 0.469 e. The van der Waals surface area contributed by atoms with Crippen LogP contribution in [0, 0.1) is 11.3 Å². The number of nitrogens with zero attached hydrogens (tertiary/aromatic N) is 1. The molecule has 0 radical (unpaired) electrons. The topological polar surface area (TPSA) is 121 Å². The van der Waals surface area contributed by atoms with Gasteiger partial charge in [-0.1, -0.05) is 24.3 Å². The van der Waals surface area contributed by atoms with Gasteiger partial charge in [-0.3, -0.25) is 4.79 Å². The molecule has 2 rings (SSSR count). The first-order valence-electron chi connectivity index (χ1n) is 7.56. The van der Waals surface area contributed by atoms with Crippen LogP contribution in [0.15, 0.2) is 47.2 Å². The molecule has 1 aliphatic rings. The lowest BCUT2D eigenvalue weighted by molar-refractivity contribution is -0.140.